The number of benzene rings is 1. The highest BCUT2D eigenvalue weighted by molar-refractivity contribution is 9.09. The van der Waals surface area contributed by atoms with Crippen molar-refractivity contribution in [3.05, 3.63) is 35.4 Å². The molecular formula is C10H10BrNO. The summed E-state index contributed by atoms with van der Waals surface area (Å²) in [5, 5.41) is 8.74. The summed E-state index contributed by atoms with van der Waals surface area (Å²) < 4.78 is 5.03. The minimum absolute atomic E-state index is 0.251. The number of rotatable bonds is 3. The molecule has 3 heteroatoms. The Kier molecular flexibility index (Phi) is 3.94. The Hall–Kier alpha value is -0.850. The normalized spacial score (nSPS) is 12.1. The van der Waals surface area contributed by atoms with Gasteiger partial charge in [0, 0.05) is 7.11 Å². The number of nitrogens with zero attached hydrogens (tertiary/aromatic N) is 1. The fourth-order valence-corrected chi connectivity index (χ4v) is 1.58. The molecule has 0 saturated carbocycles. The third-order valence-electron chi connectivity index (χ3n) is 1.74. The van der Waals surface area contributed by atoms with E-state index >= 15 is 0 Å². The van der Waals surface area contributed by atoms with Gasteiger partial charge in [-0.15, -0.1) is 0 Å². The quantitative estimate of drug-likeness (QED) is 0.761. The van der Waals surface area contributed by atoms with Crippen LogP contribution in [0, 0.1) is 11.3 Å². The summed E-state index contributed by atoms with van der Waals surface area (Å²) in [6.07, 6.45) is 0. The highest BCUT2D eigenvalue weighted by Crippen LogP contribution is 2.25. The molecule has 68 valence electrons. The van der Waals surface area contributed by atoms with Crippen molar-refractivity contribution in [3.63, 3.8) is 0 Å². The minimum atomic E-state index is -0.251. The second kappa shape index (κ2) is 5.00. The van der Waals surface area contributed by atoms with Crippen LogP contribution in [0.1, 0.15) is 16.0 Å². The molecular weight excluding hydrogens is 230 g/mol. The van der Waals surface area contributed by atoms with Crippen LogP contribution in [0.3, 0.4) is 0 Å². The molecule has 1 aromatic carbocycles. The topological polar surface area (TPSA) is 33.0 Å². The Labute approximate surface area is 86.3 Å². The molecule has 13 heavy (non-hydrogen) atoms. The molecule has 0 radical (unpaired) electrons. The maximum absolute atomic E-state index is 8.74. The Morgan fingerprint density at radius 3 is 2.85 bits per heavy atom. The molecule has 0 bridgehead atoms. The van der Waals surface area contributed by atoms with Gasteiger partial charge in [0.25, 0.3) is 0 Å². The number of hydrogen-bond donors (Lipinski definition) is 0. The number of halogens is 1. The van der Waals surface area contributed by atoms with Crippen molar-refractivity contribution in [1.82, 2.24) is 0 Å². The number of ether oxygens (including phenoxy) is 1. The first-order chi connectivity index (χ1) is 6.29. The van der Waals surface area contributed by atoms with Crippen molar-refractivity contribution in [2.45, 2.75) is 11.4 Å². The zero-order valence-electron chi connectivity index (χ0n) is 7.33. The first-order valence-electron chi connectivity index (χ1n) is 3.90. The molecule has 1 aromatic rings. The van der Waals surface area contributed by atoms with Crippen molar-refractivity contribution >= 4 is 15.9 Å². The van der Waals surface area contributed by atoms with E-state index in [1.54, 1.807) is 7.11 Å². The van der Waals surface area contributed by atoms with Crippen LogP contribution in [-0.4, -0.2) is 7.11 Å². The van der Waals surface area contributed by atoms with Crippen LogP contribution in [0.25, 0.3) is 0 Å². The molecule has 1 atom stereocenters. The lowest BCUT2D eigenvalue weighted by Crippen LogP contribution is -1.96. The maximum Gasteiger partial charge on any atom is 0.127 e. The van der Waals surface area contributed by atoms with Crippen LogP contribution in [0.4, 0.5) is 0 Å². The van der Waals surface area contributed by atoms with E-state index in [0.717, 1.165) is 11.1 Å². The van der Waals surface area contributed by atoms with E-state index in [1.165, 1.54) is 0 Å². The fourth-order valence-electron chi connectivity index (χ4n) is 1.14. The van der Waals surface area contributed by atoms with Crippen LogP contribution in [0.15, 0.2) is 24.3 Å². The number of methoxy groups -OCH3 is 1. The molecule has 0 amide bonds. The van der Waals surface area contributed by atoms with E-state index in [9.17, 15) is 0 Å². The standard InChI is InChI=1S/C10H10BrNO/c1-13-7-8-4-2-3-5-9(8)10(11)6-12/h2-5,10H,7H2,1H3. The van der Waals surface area contributed by atoms with Gasteiger partial charge in [0.1, 0.15) is 4.83 Å². The lowest BCUT2D eigenvalue weighted by molar-refractivity contribution is 0.184. The van der Waals surface area contributed by atoms with Crippen LogP contribution >= 0.6 is 15.9 Å². The van der Waals surface area contributed by atoms with Gasteiger partial charge in [-0.05, 0) is 11.1 Å². The molecule has 0 saturated heterocycles. The average Bonchev–Trinajstić information content (AvgIpc) is 2.18. The summed E-state index contributed by atoms with van der Waals surface area (Å²) in [5.74, 6) is 0. The van der Waals surface area contributed by atoms with E-state index in [4.69, 9.17) is 10.00 Å². The van der Waals surface area contributed by atoms with Crippen molar-refractivity contribution in [2.75, 3.05) is 7.11 Å². The third kappa shape index (κ3) is 2.55. The first kappa shape index (κ1) is 10.2. The van der Waals surface area contributed by atoms with E-state index in [0.29, 0.717) is 6.61 Å². The Morgan fingerprint density at radius 1 is 1.54 bits per heavy atom. The fraction of sp³-hybridized carbons (Fsp3) is 0.300. The summed E-state index contributed by atoms with van der Waals surface area (Å²) in [6, 6.07) is 9.89. The van der Waals surface area contributed by atoms with Crippen LogP contribution in [0.2, 0.25) is 0 Å². The smallest absolute Gasteiger partial charge is 0.127 e. The van der Waals surface area contributed by atoms with Crippen molar-refractivity contribution in [3.8, 4) is 6.07 Å². The zero-order valence-corrected chi connectivity index (χ0v) is 8.91. The van der Waals surface area contributed by atoms with Gasteiger partial charge in [-0.1, -0.05) is 40.2 Å². The molecule has 0 N–H and O–H groups in total. The second-order valence-electron chi connectivity index (χ2n) is 2.62. The number of alkyl halides is 1. The van der Waals surface area contributed by atoms with Crippen LogP contribution in [0.5, 0.6) is 0 Å². The van der Waals surface area contributed by atoms with Crippen LogP contribution < -0.4 is 0 Å². The van der Waals surface area contributed by atoms with E-state index in [2.05, 4.69) is 22.0 Å². The molecule has 2 nitrogen and oxygen atoms in total. The van der Waals surface area contributed by atoms with E-state index in [1.807, 2.05) is 24.3 Å². The largest absolute Gasteiger partial charge is 0.380 e. The molecule has 0 spiro atoms. The van der Waals surface area contributed by atoms with Crippen molar-refractivity contribution < 1.29 is 4.74 Å². The number of hydrogen-bond acceptors (Lipinski definition) is 2. The van der Waals surface area contributed by atoms with E-state index in [-0.39, 0.29) is 4.83 Å². The Morgan fingerprint density at radius 2 is 2.23 bits per heavy atom. The molecule has 0 heterocycles. The SMILES string of the molecule is COCc1ccccc1C(Br)C#N. The van der Waals surface area contributed by atoms with Gasteiger partial charge in [-0.3, -0.25) is 0 Å². The lowest BCUT2D eigenvalue weighted by atomic mass is 10.1. The van der Waals surface area contributed by atoms with Gasteiger partial charge < -0.3 is 4.74 Å². The minimum Gasteiger partial charge on any atom is -0.380 e. The third-order valence-corrected chi connectivity index (χ3v) is 2.44. The Bertz CT molecular complexity index is 319. The van der Waals surface area contributed by atoms with Crippen LogP contribution in [-0.2, 0) is 11.3 Å². The predicted molar refractivity (Wildman–Crippen MR) is 54.4 cm³/mol. The van der Waals surface area contributed by atoms with Crippen molar-refractivity contribution in [2.24, 2.45) is 0 Å². The van der Waals surface area contributed by atoms with E-state index < -0.39 is 0 Å². The van der Waals surface area contributed by atoms with Gasteiger partial charge in [0.15, 0.2) is 0 Å². The van der Waals surface area contributed by atoms with Gasteiger partial charge in [-0.25, -0.2) is 0 Å². The van der Waals surface area contributed by atoms with Gasteiger partial charge >= 0.3 is 0 Å². The number of nitriles is 1. The first-order valence-corrected chi connectivity index (χ1v) is 4.81. The van der Waals surface area contributed by atoms with Gasteiger partial charge in [0.05, 0.1) is 12.7 Å². The van der Waals surface area contributed by atoms with Gasteiger partial charge in [-0.2, -0.15) is 5.26 Å². The maximum atomic E-state index is 8.74. The Balaban J connectivity index is 2.98. The molecule has 0 fully saturated rings. The molecule has 0 aliphatic carbocycles. The monoisotopic (exact) mass is 239 g/mol. The zero-order chi connectivity index (χ0) is 9.68. The summed E-state index contributed by atoms with van der Waals surface area (Å²) in [7, 11) is 1.65. The molecule has 0 aromatic heterocycles. The predicted octanol–water partition coefficient (Wildman–Crippen LogP) is 2.79. The summed E-state index contributed by atoms with van der Waals surface area (Å²) in [6.45, 7) is 0.542. The average molecular weight is 240 g/mol. The molecule has 0 aliphatic rings. The van der Waals surface area contributed by atoms with Crippen molar-refractivity contribution in [1.29, 1.82) is 5.26 Å². The summed E-state index contributed by atoms with van der Waals surface area (Å²) in [5.41, 5.74) is 2.03. The van der Waals surface area contributed by atoms with Gasteiger partial charge in [0.2, 0.25) is 0 Å². The molecule has 1 rings (SSSR count). The lowest BCUT2D eigenvalue weighted by Gasteiger charge is -2.08. The second-order valence-corrected chi connectivity index (χ2v) is 3.54. The highest BCUT2D eigenvalue weighted by atomic mass is 79.9. The molecule has 0 aliphatic heterocycles. The highest BCUT2D eigenvalue weighted by Gasteiger charge is 2.09. The summed E-state index contributed by atoms with van der Waals surface area (Å²) in [4.78, 5) is -0.251. The summed E-state index contributed by atoms with van der Waals surface area (Å²) >= 11 is 3.29. The molecule has 1 unspecified atom stereocenters.